The standard InChI is InChI=1S/C46H56N4O5/c1-2-3-4-5-6-7-10-18-35(27-28-44(52)55-39-24-13-9-14-25-39)31-41-45(53)48(33-38-23-17-22-37-21-15-16-26-40(37)38)34-42-49(30-29-43(51)50(41)42)46(54)47-32-36-19-11-8-12-20-36/h8-9,11-17,19-26,35,41-42H,2-7,10,18,27-34H2,1H3,(H,47,54)/t35?,41-,42?/m0/s1. The Hall–Kier alpha value is -5.18. The third kappa shape index (κ3) is 10.7. The highest BCUT2D eigenvalue weighted by molar-refractivity contribution is 5.92. The van der Waals surface area contributed by atoms with Crippen molar-refractivity contribution in [3.63, 3.8) is 0 Å². The van der Waals surface area contributed by atoms with Crippen LogP contribution in [0.25, 0.3) is 10.8 Å². The van der Waals surface area contributed by atoms with Crippen molar-refractivity contribution in [2.45, 2.75) is 109 Å². The summed E-state index contributed by atoms with van der Waals surface area (Å²) in [6, 6.07) is 32.1. The fourth-order valence-corrected chi connectivity index (χ4v) is 8.18. The summed E-state index contributed by atoms with van der Waals surface area (Å²) in [5, 5.41) is 5.24. The number of piperazine rings is 1. The third-order valence-electron chi connectivity index (χ3n) is 11.1. The second-order valence-electron chi connectivity index (χ2n) is 15.1. The molecule has 0 bridgehead atoms. The SMILES string of the molecule is CCCCCCCCCC(CCC(=O)Oc1ccccc1)C[C@H]1C(=O)N(Cc2cccc3ccccc23)CC2N(C(=O)NCc3ccccc3)CCC(=O)N21. The van der Waals surface area contributed by atoms with Gasteiger partial charge in [-0.15, -0.1) is 0 Å². The van der Waals surface area contributed by atoms with Crippen LogP contribution in [0.2, 0.25) is 0 Å². The van der Waals surface area contributed by atoms with Crippen LogP contribution in [0, 0.1) is 5.92 Å². The zero-order chi connectivity index (χ0) is 38.4. The molecule has 2 aliphatic heterocycles. The average molecular weight is 745 g/mol. The van der Waals surface area contributed by atoms with Crippen molar-refractivity contribution in [2.75, 3.05) is 13.1 Å². The second kappa shape index (κ2) is 19.9. The quantitative estimate of drug-likeness (QED) is 0.0624. The second-order valence-corrected chi connectivity index (χ2v) is 15.1. The zero-order valence-corrected chi connectivity index (χ0v) is 32.2. The Bertz CT molecular complexity index is 1860. The summed E-state index contributed by atoms with van der Waals surface area (Å²) < 4.78 is 5.64. The van der Waals surface area contributed by atoms with Crippen LogP contribution in [0.5, 0.6) is 5.75 Å². The molecule has 1 N–H and O–H groups in total. The van der Waals surface area contributed by atoms with Crippen LogP contribution in [-0.4, -0.2) is 63.8 Å². The number of urea groups is 1. The lowest BCUT2D eigenvalue weighted by Crippen LogP contribution is -2.72. The molecule has 4 aromatic carbocycles. The normalized spacial score (nSPS) is 17.6. The predicted octanol–water partition coefficient (Wildman–Crippen LogP) is 8.85. The van der Waals surface area contributed by atoms with E-state index in [1.54, 1.807) is 21.9 Å². The number of benzene rings is 4. The number of esters is 1. The fraction of sp³-hybridized carbons (Fsp3) is 0.435. The Morgan fingerprint density at radius 2 is 1.49 bits per heavy atom. The van der Waals surface area contributed by atoms with E-state index in [1.165, 1.54) is 25.7 Å². The number of fused-ring (bicyclic) bond motifs is 2. The molecule has 0 radical (unpaired) electrons. The number of carbonyl (C=O) groups excluding carboxylic acids is 4. The molecule has 3 atom stereocenters. The molecule has 55 heavy (non-hydrogen) atoms. The molecule has 6 rings (SSSR count). The van der Waals surface area contributed by atoms with Crippen LogP contribution < -0.4 is 10.1 Å². The maximum absolute atomic E-state index is 14.8. The van der Waals surface area contributed by atoms with E-state index in [1.807, 2.05) is 71.6 Å². The molecule has 4 aromatic rings. The summed E-state index contributed by atoms with van der Waals surface area (Å²) >= 11 is 0. The van der Waals surface area contributed by atoms with Gasteiger partial charge in [0.2, 0.25) is 11.8 Å². The summed E-state index contributed by atoms with van der Waals surface area (Å²) in [4.78, 5) is 60.9. The largest absolute Gasteiger partial charge is 0.427 e. The molecule has 290 valence electrons. The van der Waals surface area contributed by atoms with Crippen LogP contribution in [0.1, 0.15) is 95.1 Å². The van der Waals surface area contributed by atoms with Crippen molar-refractivity contribution in [1.82, 2.24) is 20.0 Å². The monoisotopic (exact) mass is 744 g/mol. The van der Waals surface area contributed by atoms with Crippen molar-refractivity contribution in [3.05, 3.63) is 114 Å². The molecule has 2 unspecified atom stereocenters. The van der Waals surface area contributed by atoms with Crippen molar-refractivity contribution < 1.29 is 23.9 Å². The molecule has 0 aromatic heterocycles. The Morgan fingerprint density at radius 1 is 0.800 bits per heavy atom. The van der Waals surface area contributed by atoms with Gasteiger partial charge in [0.15, 0.2) is 0 Å². The smallest absolute Gasteiger partial charge is 0.319 e. The van der Waals surface area contributed by atoms with E-state index < -0.39 is 12.2 Å². The van der Waals surface area contributed by atoms with Gasteiger partial charge < -0.3 is 24.8 Å². The molecule has 9 nitrogen and oxygen atoms in total. The highest BCUT2D eigenvalue weighted by atomic mass is 16.5. The van der Waals surface area contributed by atoms with Gasteiger partial charge in [-0.1, -0.05) is 149 Å². The van der Waals surface area contributed by atoms with E-state index in [2.05, 4.69) is 36.5 Å². The maximum atomic E-state index is 14.8. The first-order chi connectivity index (χ1) is 26.9. The minimum absolute atomic E-state index is 0.00107. The Balaban J connectivity index is 1.24. The van der Waals surface area contributed by atoms with Gasteiger partial charge in [-0.2, -0.15) is 0 Å². The number of amides is 4. The minimum atomic E-state index is -0.759. The molecule has 0 aliphatic carbocycles. The lowest BCUT2D eigenvalue weighted by molar-refractivity contribution is -0.168. The molecule has 2 heterocycles. The Kier molecular flexibility index (Phi) is 14.3. The van der Waals surface area contributed by atoms with Crippen LogP contribution in [-0.2, 0) is 27.5 Å². The molecule has 0 spiro atoms. The third-order valence-corrected chi connectivity index (χ3v) is 11.1. The topological polar surface area (TPSA) is 99.3 Å². The van der Waals surface area contributed by atoms with Gasteiger partial charge in [0.05, 0.1) is 6.54 Å². The van der Waals surface area contributed by atoms with Gasteiger partial charge in [-0.05, 0) is 52.8 Å². The van der Waals surface area contributed by atoms with Gasteiger partial charge in [-0.25, -0.2) is 4.79 Å². The molecule has 2 fully saturated rings. The van der Waals surface area contributed by atoms with E-state index in [4.69, 9.17) is 4.74 Å². The van der Waals surface area contributed by atoms with E-state index >= 15 is 0 Å². The van der Waals surface area contributed by atoms with Crippen LogP contribution in [0.3, 0.4) is 0 Å². The molecule has 4 amide bonds. The molecule has 9 heteroatoms. The average Bonchev–Trinajstić information content (AvgIpc) is 3.21. The van der Waals surface area contributed by atoms with E-state index in [0.29, 0.717) is 31.7 Å². The summed E-state index contributed by atoms with van der Waals surface area (Å²) in [6.45, 7) is 3.43. The summed E-state index contributed by atoms with van der Waals surface area (Å²) in [7, 11) is 0. The van der Waals surface area contributed by atoms with E-state index in [9.17, 15) is 19.2 Å². The number of para-hydroxylation sites is 1. The number of hydrogen-bond donors (Lipinski definition) is 1. The van der Waals surface area contributed by atoms with Crippen molar-refractivity contribution in [2.24, 2.45) is 5.92 Å². The van der Waals surface area contributed by atoms with Gasteiger partial charge >= 0.3 is 12.0 Å². The molecule has 2 saturated heterocycles. The number of ether oxygens (including phenoxy) is 1. The van der Waals surface area contributed by atoms with E-state index in [-0.39, 0.29) is 55.7 Å². The Morgan fingerprint density at radius 3 is 2.27 bits per heavy atom. The van der Waals surface area contributed by atoms with Crippen LogP contribution in [0.15, 0.2) is 103 Å². The number of rotatable bonds is 18. The number of nitrogens with one attached hydrogen (secondary N) is 1. The van der Waals surface area contributed by atoms with Crippen molar-refractivity contribution in [1.29, 1.82) is 0 Å². The van der Waals surface area contributed by atoms with Crippen molar-refractivity contribution >= 4 is 34.6 Å². The Labute approximate surface area is 326 Å². The lowest BCUT2D eigenvalue weighted by atomic mass is 9.87. The number of hydrogen-bond acceptors (Lipinski definition) is 5. The maximum Gasteiger partial charge on any atom is 0.319 e. The highest BCUT2D eigenvalue weighted by Gasteiger charge is 2.49. The van der Waals surface area contributed by atoms with Gasteiger partial charge in [0.25, 0.3) is 0 Å². The van der Waals surface area contributed by atoms with E-state index in [0.717, 1.165) is 47.6 Å². The van der Waals surface area contributed by atoms with Crippen LogP contribution >= 0.6 is 0 Å². The number of carbonyl (C=O) groups is 4. The minimum Gasteiger partial charge on any atom is -0.427 e. The zero-order valence-electron chi connectivity index (χ0n) is 32.2. The molecule has 2 aliphatic rings. The first-order valence-corrected chi connectivity index (χ1v) is 20.3. The first-order valence-electron chi connectivity index (χ1n) is 20.3. The summed E-state index contributed by atoms with van der Waals surface area (Å²) in [5.74, 6) is -0.0216. The highest BCUT2D eigenvalue weighted by Crippen LogP contribution is 2.33. The molecule has 0 saturated carbocycles. The van der Waals surface area contributed by atoms with Gasteiger partial charge in [-0.3, -0.25) is 14.4 Å². The first kappa shape index (κ1) is 39.5. The van der Waals surface area contributed by atoms with Crippen LogP contribution in [0.4, 0.5) is 4.79 Å². The lowest BCUT2D eigenvalue weighted by Gasteiger charge is -2.52. The molecular weight excluding hydrogens is 689 g/mol. The summed E-state index contributed by atoms with van der Waals surface area (Å²) in [6.07, 6.45) is 9.67. The summed E-state index contributed by atoms with van der Waals surface area (Å²) in [5.41, 5.74) is 2.00. The van der Waals surface area contributed by atoms with Crippen molar-refractivity contribution in [3.8, 4) is 5.75 Å². The predicted molar refractivity (Wildman–Crippen MR) is 216 cm³/mol. The number of nitrogens with zero attached hydrogens (tertiary/aromatic N) is 3. The van der Waals surface area contributed by atoms with Gasteiger partial charge in [0, 0.05) is 32.5 Å². The number of unbranched alkanes of at least 4 members (excludes halogenated alkanes) is 6. The van der Waals surface area contributed by atoms with Gasteiger partial charge in [0.1, 0.15) is 18.0 Å². The molecular formula is C46H56N4O5. The fourth-order valence-electron chi connectivity index (χ4n) is 8.18.